The molecule has 0 bridgehead atoms. The number of halogens is 5. The second-order valence-corrected chi connectivity index (χ2v) is 7.13. The van der Waals surface area contributed by atoms with E-state index < -0.39 is 31.0 Å². The van der Waals surface area contributed by atoms with E-state index in [1.807, 2.05) is 0 Å². The van der Waals surface area contributed by atoms with Gasteiger partial charge in [0.1, 0.15) is 0 Å². The normalized spacial score (nSPS) is 15.3. The van der Waals surface area contributed by atoms with E-state index in [0.29, 0.717) is 0 Å². The molecule has 28 heavy (non-hydrogen) atoms. The van der Waals surface area contributed by atoms with Gasteiger partial charge in [-0.2, -0.15) is 0 Å². The van der Waals surface area contributed by atoms with Gasteiger partial charge in [-0.15, -0.1) is 0 Å². The number of rotatable bonds is 2. The van der Waals surface area contributed by atoms with Gasteiger partial charge < -0.3 is 9.47 Å². The molecule has 0 spiro atoms. The highest BCUT2D eigenvalue weighted by molar-refractivity contribution is 6.40. The van der Waals surface area contributed by atoms with Crippen molar-refractivity contribution in [3.63, 3.8) is 0 Å². The molecule has 0 saturated heterocycles. The van der Waals surface area contributed by atoms with E-state index in [1.165, 1.54) is 12.1 Å². The van der Waals surface area contributed by atoms with Crippen molar-refractivity contribution >= 4 is 52.5 Å². The van der Waals surface area contributed by atoms with Crippen molar-refractivity contribution in [2.24, 2.45) is 0 Å². The zero-order valence-corrected chi connectivity index (χ0v) is 16.4. The van der Waals surface area contributed by atoms with Crippen molar-refractivity contribution < 1.29 is 27.8 Å². The van der Waals surface area contributed by atoms with Crippen LogP contribution in [0.1, 0.15) is 17.3 Å². The molecule has 6 nitrogen and oxygen atoms in total. The summed E-state index contributed by atoms with van der Waals surface area (Å²) in [6, 6.07) is 3.82. The standard InChI is InChI=1S/C17H11Cl3F2N2O4/c1-8(25)24-6-17(21,22)7-27-13-2-9(5-23-15(13)24)16(26)28-14-11(19)3-10(18)4-12(14)20/h2-5H,6-7H2,1H3. The number of amides is 1. The molecular weight excluding hydrogens is 441 g/mol. The summed E-state index contributed by atoms with van der Waals surface area (Å²) in [5.74, 6) is -5.23. The van der Waals surface area contributed by atoms with Gasteiger partial charge in [-0.1, -0.05) is 34.8 Å². The van der Waals surface area contributed by atoms with Gasteiger partial charge in [0, 0.05) is 24.2 Å². The molecule has 0 atom stereocenters. The fraction of sp³-hybridized carbons (Fsp3) is 0.235. The number of benzene rings is 1. The smallest absolute Gasteiger partial charge is 0.345 e. The van der Waals surface area contributed by atoms with Crippen LogP contribution in [-0.2, 0) is 4.79 Å². The van der Waals surface area contributed by atoms with Crippen LogP contribution in [0.5, 0.6) is 11.5 Å². The van der Waals surface area contributed by atoms with Crippen LogP contribution in [0.2, 0.25) is 15.1 Å². The molecule has 1 aromatic heterocycles. The number of anilines is 1. The highest BCUT2D eigenvalue weighted by Gasteiger charge is 2.39. The Balaban J connectivity index is 1.92. The Morgan fingerprint density at radius 2 is 1.86 bits per heavy atom. The van der Waals surface area contributed by atoms with Crippen molar-refractivity contribution in [1.82, 2.24) is 4.98 Å². The van der Waals surface area contributed by atoms with Gasteiger partial charge in [-0.05, 0) is 12.1 Å². The summed E-state index contributed by atoms with van der Waals surface area (Å²) >= 11 is 17.8. The SMILES string of the molecule is CC(=O)N1CC(F)(F)COc2cc(C(=O)Oc3c(Cl)cc(Cl)cc3Cl)cnc21. The van der Waals surface area contributed by atoms with E-state index in [1.54, 1.807) is 0 Å². The zero-order chi connectivity index (χ0) is 20.6. The fourth-order valence-electron chi connectivity index (χ4n) is 2.43. The predicted molar refractivity (Wildman–Crippen MR) is 99.1 cm³/mol. The van der Waals surface area contributed by atoms with E-state index in [2.05, 4.69) is 4.98 Å². The molecule has 2 heterocycles. The van der Waals surface area contributed by atoms with Crippen molar-refractivity contribution in [2.45, 2.75) is 12.8 Å². The molecule has 148 valence electrons. The number of pyridine rings is 1. The monoisotopic (exact) mass is 450 g/mol. The Morgan fingerprint density at radius 1 is 1.21 bits per heavy atom. The average molecular weight is 452 g/mol. The van der Waals surface area contributed by atoms with Gasteiger partial charge in [0.15, 0.2) is 23.9 Å². The first-order valence-electron chi connectivity index (χ1n) is 7.73. The van der Waals surface area contributed by atoms with Gasteiger partial charge >= 0.3 is 5.97 Å². The lowest BCUT2D eigenvalue weighted by molar-refractivity contribution is -0.118. The molecule has 11 heteroatoms. The number of aromatic nitrogens is 1. The van der Waals surface area contributed by atoms with E-state index in [4.69, 9.17) is 44.3 Å². The van der Waals surface area contributed by atoms with Crippen molar-refractivity contribution in [3.05, 3.63) is 45.0 Å². The number of esters is 1. The van der Waals surface area contributed by atoms with E-state index in [0.717, 1.165) is 24.1 Å². The molecule has 1 aliphatic rings. The van der Waals surface area contributed by atoms with E-state index in [-0.39, 0.29) is 37.9 Å². The summed E-state index contributed by atoms with van der Waals surface area (Å²) in [7, 11) is 0. The van der Waals surface area contributed by atoms with Crippen molar-refractivity contribution in [1.29, 1.82) is 0 Å². The fourth-order valence-corrected chi connectivity index (χ4v) is 3.33. The lowest BCUT2D eigenvalue weighted by atomic mass is 10.2. The topological polar surface area (TPSA) is 68.7 Å². The maximum atomic E-state index is 13.8. The molecule has 0 fully saturated rings. The Morgan fingerprint density at radius 3 is 2.46 bits per heavy atom. The van der Waals surface area contributed by atoms with Crippen LogP contribution < -0.4 is 14.4 Å². The number of nitrogens with zero attached hydrogens (tertiary/aromatic N) is 2. The van der Waals surface area contributed by atoms with Crippen molar-refractivity contribution in [2.75, 3.05) is 18.1 Å². The quantitative estimate of drug-likeness (QED) is 0.491. The van der Waals surface area contributed by atoms with Gasteiger partial charge in [-0.25, -0.2) is 18.6 Å². The largest absolute Gasteiger partial charge is 0.483 e. The first-order chi connectivity index (χ1) is 13.1. The third-order valence-electron chi connectivity index (χ3n) is 3.69. The van der Waals surface area contributed by atoms with Crippen LogP contribution >= 0.6 is 34.8 Å². The lowest BCUT2D eigenvalue weighted by Crippen LogP contribution is -2.41. The molecule has 0 unspecified atom stereocenters. The molecule has 0 radical (unpaired) electrons. The Kier molecular flexibility index (Phi) is 5.65. The van der Waals surface area contributed by atoms with Crippen LogP contribution in [-0.4, -0.2) is 35.9 Å². The Bertz CT molecular complexity index is 948. The molecule has 1 amide bonds. The maximum absolute atomic E-state index is 13.8. The summed E-state index contributed by atoms with van der Waals surface area (Å²) in [5.41, 5.74) is -0.116. The average Bonchev–Trinajstić information content (AvgIpc) is 2.74. The molecule has 1 aromatic carbocycles. The van der Waals surface area contributed by atoms with Gasteiger partial charge in [0.05, 0.1) is 22.2 Å². The number of alkyl halides is 2. The van der Waals surface area contributed by atoms with Gasteiger partial charge in [0.2, 0.25) is 5.91 Å². The highest BCUT2D eigenvalue weighted by Crippen LogP contribution is 2.37. The molecule has 0 aliphatic carbocycles. The maximum Gasteiger partial charge on any atom is 0.345 e. The van der Waals surface area contributed by atoms with E-state index >= 15 is 0 Å². The number of carbonyl (C=O) groups is 2. The molecular formula is C17H11Cl3F2N2O4. The van der Waals surface area contributed by atoms with Crippen LogP contribution in [0.4, 0.5) is 14.6 Å². The summed E-state index contributed by atoms with van der Waals surface area (Å²) in [5, 5.41) is 0.264. The molecule has 3 rings (SSSR count). The highest BCUT2D eigenvalue weighted by atomic mass is 35.5. The van der Waals surface area contributed by atoms with Crippen molar-refractivity contribution in [3.8, 4) is 11.5 Å². The van der Waals surface area contributed by atoms with E-state index in [9.17, 15) is 18.4 Å². The predicted octanol–water partition coefficient (Wildman–Crippen LogP) is 4.64. The molecule has 0 N–H and O–H groups in total. The number of ether oxygens (including phenoxy) is 2. The minimum absolute atomic E-state index is 0.00668. The third-order valence-corrected chi connectivity index (χ3v) is 4.47. The minimum atomic E-state index is -3.28. The van der Waals surface area contributed by atoms with Gasteiger partial charge in [0.25, 0.3) is 5.92 Å². The first kappa shape index (κ1) is 20.6. The summed E-state index contributed by atoms with van der Waals surface area (Å²) in [6.45, 7) is -0.736. The zero-order valence-electron chi connectivity index (χ0n) is 14.1. The second kappa shape index (κ2) is 7.69. The van der Waals surface area contributed by atoms with Crippen LogP contribution in [0.3, 0.4) is 0 Å². The summed E-state index contributed by atoms with van der Waals surface area (Å²) < 4.78 is 37.9. The van der Waals surface area contributed by atoms with Crippen LogP contribution in [0.15, 0.2) is 24.4 Å². The first-order valence-corrected chi connectivity index (χ1v) is 8.86. The lowest BCUT2D eigenvalue weighted by Gasteiger charge is -2.21. The summed E-state index contributed by atoms with van der Waals surface area (Å²) in [4.78, 5) is 28.9. The van der Waals surface area contributed by atoms with Gasteiger partial charge in [-0.3, -0.25) is 9.69 Å². The Hall–Kier alpha value is -2.16. The molecule has 0 saturated carbocycles. The second-order valence-electron chi connectivity index (χ2n) is 5.88. The minimum Gasteiger partial charge on any atom is -0.483 e. The Labute approximate surface area is 172 Å². The van der Waals surface area contributed by atoms with Crippen LogP contribution in [0.25, 0.3) is 0 Å². The number of hydrogen-bond acceptors (Lipinski definition) is 5. The summed E-state index contributed by atoms with van der Waals surface area (Å²) in [6.07, 6.45) is 1.07. The molecule has 1 aliphatic heterocycles. The third kappa shape index (κ3) is 4.29. The number of fused-ring (bicyclic) bond motifs is 1. The number of carbonyl (C=O) groups excluding carboxylic acids is 2. The van der Waals surface area contributed by atoms with Crippen LogP contribution in [0, 0.1) is 0 Å². The number of hydrogen-bond donors (Lipinski definition) is 0. The molecule has 2 aromatic rings.